The molecule has 0 aliphatic rings. The molecule has 0 heterocycles. The first kappa shape index (κ1) is 20.9. The standard InChI is InChI=1S/C20H26N2O4S/c1-15(2)13-21-20(23)14-26-18-9-11-19(12-10-18)27(24,25)22-16(3)17-7-5-4-6-8-17/h4-12,15-16,22H,13-14H2,1-3H3,(H,21,23)/t16-/m1/s1. The molecular weight excluding hydrogens is 364 g/mol. The normalized spacial score (nSPS) is 12.6. The van der Waals surface area contributed by atoms with Gasteiger partial charge in [0.2, 0.25) is 10.0 Å². The molecule has 0 spiro atoms. The molecule has 1 amide bonds. The van der Waals surface area contributed by atoms with Gasteiger partial charge in [-0.15, -0.1) is 0 Å². The Balaban J connectivity index is 1.94. The van der Waals surface area contributed by atoms with Gasteiger partial charge in [-0.05, 0) is 42.7 Å². The Bertz CT molecular complexity index is 834. The van der Waals surface area contributed by atoms with Crippen molar-refractivity contribution in [3.8, 4) is 5.75 Å². The Morgan fingerprint density at radius 2 is 1.63 bits per heavy atom. The molecule has 1 atom stereocenters. The van der Waals surface area contributed by atoms with Gasteiger partial charge in [-0.2, -0.15) is 0 Å². The van der Waals surface area contributed by atoms with Crippen molar-refractivity contribution in [2.75, 3.05) is 13.2 Å². The lowest BCUT2D eigenvalue weighted by Gasteiger charge is -2.15. The topological polar surface area (TPSA) is 84.5 Å². The minimum absolute atomic E-state index is 0.109. The van der Waals surface area contributed by atoms with Gasteiger partial charge in [0.15, 0.2) is 6.61 Å². The quantitative estimate of drug-likeness (QED) is 0.690. The number of rotatable bonds is 9. The Morgan fingerprint density at radius 1 is 1.00 bits per heavy atom. The molecule has 0 aliphatic carbocycles. The minimum atomic E-state index is -3.66. The van der Waals surface area contributed by atoms with Crippen LogP contribution in [-0.2, 0) is 14.8 Å². The van der Waals surface area contributed by atoms with Crippen LogP contribution in [0.25, 0.3) is 0 Å². The predicted octanol–water partition coefficient (Wildman–Crippen LogP) is 2.88. The summed E-state index contributed by atoms with van der Waals surface area (Å²) in [7, 11) is -3.66. The molecule has 0 aromatic heterocycles. The van der Waals surface area contributed by atoms with Crippen molar-refractivity contribution in [2.24, 2.45) is 5.92 Å². The highest BCUT2D eigenvalue weighted by atomic mass is 32.2. The van der Waals surface area contributed by atoms with Crippen molar-refractivity contribution >= 4 is 15.9 Å². The van der Waals surface area contributed by atoms with Gasteiger partial charge in [0.25, 0.3) is 5.91 Å². The Kier molecular flexibility index (Phi) is 7.38. The lowest BCUT2D eigenvalue weighted by Crippen LogP contribution is -2.31. The van der Waals surface area contributed by atoms with Gasteiger partial charge in [0.05, 0.1) is 4.90 Å². The number of benzene rings is 2. The third kappa shape index (κ3) is 6.69. The molecule has 146 valence electrons. The molecule has 6 nitrogen and oxygen atoms in total. The van der Waals surface area contributed by atoms with Gasteiger partial charge in [0.1, 0.15) is 5.75 Å². The second-order valence-corrected chi connectivity index (χ2v) is 8.43. The van der Waals surface area contributed by atoms with Crippen molar-refractivity contribution in [2.45, 2.75) is 31.7 Å². The average Bonchev–Trinajstić information content (AvgIpc) is 2.65. The zero-order valence-corrected chi connectivity index (χ0v) is 16.6. The van der Waals surface area contributed by atoms with Crippen LogP contribution in [0.3, 0.4) is 0 Å². The van der Waals surface area contributed by atoms with Gasteiger partial charge in [-0.1, -0.05) is 44.2 Å². The molecule has 0 bridgehead atoms. The molecule has 0 radical (unpaired) electrons. The monoisotopic (exact) mass is 390 g/mol. The maximum atomic E-state index is 12.5. The first-order valence-electron chi connectivity index (χ1n) is 8.85. The molecule has 0 aliphatic heterocycles. The molecule has 0 fully saturated rings. The Labute approximate surface area is 161 Å². The molecule has 2 N–H and O–H groups in total. The highest BCUT2D eigenvalue weighted by Gasteiger charge is 2.18. The summed E-state index contributed by atoms with van der Waals surface area (Å²) in [6, 6.07) is 15.0. The van der Waals surface area contributed by atoms with E-state index in [1.165, 1.54) is 24.3 Å². The maximum absolute atomic E-state index is 12.5. The number of hydrogen-bond donors (Lipinski definition) is 2. The predicted molar refractivity (Wildman–Crippen MR) is 105 cm³/mol. The van der Waals surface area contributed by atoms with Crippen LogP contribution in [0.5, 0.6) is 5.75 Å². The van der Waals surface area contributed by atoms with Gasteiger partial charge >= 0.3 is 0 Å². The van der Waals surface area contributed by atoms with Crippen LogP contribution in [0, 0.1) is 5.92 Å². The first-order chi connectivity index (χ1) is 12.8. The summed E-state index contributed by atoms with van der Waals surface area (Å²) in [4.78, 5) is 11.8. The highest BCUT2D eigenvalue weighted by molar-refractivity contribution is 7.89. The summed E-state index contributed by atoms with van der Waals surface area (Å²) in [6.45, 7) is 6.28. The van der Waals surface area contributed by atoms with Crippen LogP contribution < -0.4 is 14.8 Å². The third-order valence-corrected chi connectivity index (χ3v) is 5.40. The Morgan fingerprint density at radius 3 is 2.22 bits per heavy atom. The van der Waals surface area contributed by atoms with Crippen molar-refractivity contribution in [1.29, 1.82) is 0 Å². The van der Waals surface area contributed by atoms with E-state index in [1.807, 2.05) is 44.2 Å². The number of carbonyl (C=O) groups excluding carboxylic acids is 1. The number of amides is 1. The largest absolute Gasteiger partial charge is 0.484 e. The zero-order valence-electron chi connectivity index (χ0n) is 15.8. The van der Waals surface area contributed by atoms with Crippen LogP contribution >= 0.6 is 0 Å². The van der Waals surface area contributed by atoms with Crippen molar-refractivity contribution < 1.29 is 17.9 Å². The minimum Gasteiger partial charge on any atom is -0.484 e. The van der Waals surface area contributed by atoms with E-state index in [-0.39, 0.29) is 23.5 Å². The zero-order chi connectivity index (χ0) is 19.9. The van der Waals surface area contributed by atoms with E-state index < -0.39 is 10.0 Å². The van der Waals surface area contributed by atoms with Crippen LogP contribution in [-0.4, -0.2) is 27.5 Å². The van der Waals surface area contributed by atoms with Gasteiger partial charge in [-0.25, -0.2) is 13.1 Å². The fourth-order valence-electron chi connectivity index (χ4n) is 2.34. The van der Waals surface area contributed by atoms with E-state index in [2.05, 4.69) is 10.0 Å². The lowest BCUT2D eigenvalue weighted by atomic mass is 10.1. The number of nitrogens with one attached hydrogen (secondary N) is 2. The summed E-state index contributed by atoms with van der Waals surface area (Å²) in [6.07, 6.45) is 0. The molecule has 2 rings (SSSR count). The average molecular weight is 391 g/mol. The molecule has 2 aromatic rings. The van der Waals surface area contributed by atoms with Gasteiger partial charge in [-0.3, -0.25) is 4.79 Å². The summed E-state index contributed by atoms with van der Waals surface area (Å²) in [5, 5.41) is 2.76. The van der Waals surface area contributed by atoms with E-state index in [0.29, 0.717) is 18.2 Å². The SMILES string of the molecule is CC(C)CNC(=O)COc1ccc(S(=O)(=O)N[C@H](C)c2ccccc2)cc1. The van der Waals surface area contributed by atoms with E-state index >= 15 is 0 Å². The molecule has 27 heavy (non-hydrogen) atoms. The van der Waals surface area contributed by atoms with Gasteiger partial charge in [0, 0.05) is 12.6 Å². The first-order valence-corrected chi connectivity index (χ1v) is 10.3. The summed E-state index contributed by atoms with van der Waals surface area (Å²) in [5.41, 5.74) is 0.883. The van der Waals surface area contributed by atoms with E-state index in [1.54, 1.807) is 6.92 Å². The number of carbonyl (C=O) groups is 1. The second kappa shape index (κ2) is 9.53. The maximum Gasteiger partial charge on any atom is 0.257 e. The van der Waals surface area contributed by atoms with Crippen LogP contribution in [0.15, 0.2) is 59.5 Å². The summed E-state index contributed by atoms with van der Waals surface area (Å²) in [5.74, 6) is 0.590. The van der Waals surface area contributed by atoms with Crippen LogP contribution in [0.2, 0.25) is 0 Å². The van der Waals surface area contributed by atoms with Gasteiger partial charge < -0.3 is 10.1 Å². The molecule has 0 saturated heterocycles. The summed E-state index contributed by atoms with van der Waals surface area (Å²) < 4.78 is 33.1. The van der Waals surface area contributed by atoms with Crippen LogP contribution in [0.4, 0.5) is 0 Å². The molecule has 2 aromatic carbocycles. The molecule has 0 unspecified atom stereocenters. The molecule has 7 heteroatoms. The third-order valence-electron chi connectivity index (χ3n) is 3.84. The van der Waals surface area contributed by atoms with E-state index in [4.69, 9.17) is 4.74 Å². The van der Waals surface area contributed by atoms with E-state index in [0.717, 1.165) is 5.56 Å². The van der Waals surface area contributed by atoms with Crippen LogP contribution in [0.1, 0.15) is 32.4 Å². The second-order valence-electron chi connectivity index (χ2n) is 6.71. The van der Waals surface area contributed by atoms with Crippen molar-refractivity contribution in [3.05, 3.63) is 60.2 Å². The lowest BCUT2D eigenvalue weighted by molar-refractivity contribution is -0.123. The summed E-state index contributed by atoms with van der Waals surface area (Å²) >= 11 is 0. The highest BCUT2D eigenvalue weighted by Crippen LogP contribution is 2.19. The van der Waals surface area contributed by atoms with E-state index in [9.17, 15) is 13.2 Å². The molecule has 0 saturated carbocycles. The number of hydrogen-bond acceptors (Lipinski definition) is 4. The molecular formula is C20H26N2O4S. The van der Waals surface area contributed by atoms with Crippen molar-refractivity contribution in [3.63, 3.8) is 0 Å². The number of sulfonamides is 1. The Hall–Kier alpha value is -2.38. The van der Waals surface area contributed by atoms with Crippen molar-refractivity contribution in [1.82, 2.24) is 10.0 Å². The fourth-order valence-corrected chi connectivity index (χ4v) is 3.58. The smallest absolute Gasteiger partial charge is 0.257 e. The number of ether oxygens (including phenoxy) is 1. The fraction of sp³-hybridized carbons (Fsp3) is 0.350.